The lowest BCUT2D eigenvalue weighted by Crippen LogP contribution is -2.34. The Hall–Kier alpha value is -3.49. The predicted octanol–water partition coefficient (Wildman–Crippen LogP) is 4.74. The average Bonchev–Trinajstić information content (AvgIpc) is 3.36. The molecule has 0 radical (unpaired) electrons. The van der Waals surface area contributed by atoms with E-state index in [-0.39, 0.29) is 18.7 Å². The van der Waals surface area contributed by atoms with Crippen molar-refractivity contribution in [1.29, 1.82) is 0 Å². The molecule has 0 bridgehead atoms. The highest BCUT2D eigenvalue weighted by Crippen LogP contribution is 2.41. The maximum absolute atomic E-state index is 13.8. The number of rotatable bonds is 9. The molecule has 2 heterocycles. The summed E-state index contributed by atoms with van der Waals surface area (Å²) in [5, 5.41) is 11.6. The largest absolute Gasteiger partial charge is 0.503 e. The van der Waals surface area contributed by atoms with Gasteiger partial charge in [0.1, 0.15) is 10.8 Å². The van der Waals surface area contributed by atoms with E-state index in [1.54, 1.807) is 13.0 Å². The first-order valence-corrected chi connectivity index (χ1v) is 11.8. The minimum absolute atomic E-state index is 0.0427. The van der Waals surface area contributed by atoms with Crippen molar-refractivity contribution >= 4 is 23.0 Å². The third-order valence-electron chi connectivity index (χ3n) is 5.59. The number of Topliss-reactive ketones (excluding diaryl/α,β-unsaturated/α-hetero) is 1. The molecule has 8 heteroatoms. The van der Waals surface area contributed by atoms with E-state index in [9.17, 15) is 14.7 Å². The fourth-order valence-corrected chi connectivity index (χ4v) is 5.05. The number of thiazole rings is 1. The maximum atomic E-state index is 13.8. The Bertz CT molecular complexity index is 1230. The SMILES string of the molecule is CCOc1cccc(C2C(C(=O)c3sc(-c4ccccc4)nc3C)=C(O)C(=O)N2CCOC)c1. The number of nitrogens with zero attached hydrogens (tertiary/aromatic N) is 2. The first kappa shape index (κ1) is 23.7. The van der Waals surface area contributed by atoms with E-state index >= 15 is 0 Å². The van der Waals surface area contributed by atoms with Crippen molar-refractivity contribution in [3.05, 3.63) is 82.1 Å². The number of aromatic nitrogens is 1. The van der Waals surface area contributed by atoms with E-state index in [1.807, 2.05) is 55.5 Å². The van der Waals surface area contributed by atoms with E-state index in [2.05, 4.69) is 4.98 Å². The van der Waals surface area contributed by atoms with E-state index < -0.39 is 23.5 Å². The Balaban J connectivity index is 1.78. The Morgan fingerprint density at radius 3 is 2.65 bits per heavy atom. The first-order chi connectivity index (χ1) is 16.5. The molecule has 0 saturated heterocycles. The quantitative estimate of drug-likeness (QED) is 0.447. The van der Waals surface area contributed by atoms with Gasteiger partial charge in [-0.3, -0.25) is 9.59 Å². The Morgan fingerprint density at radius 1 is 1.18 bits per heavy atom. The van der Waals surface area contributed by atoms with Crippen molar-refractivity contribution < 1.29 is 24.2 Å². The number of carbonyl (C=O) groups excluding carboxylic acids is 2. The van der Waals surface area contributed by atoms with Crippen LogP contribution < -0.4 is 4.74 Å². The molecule has 2 aromatic carbocycles. The molecule has 1 N–H and O–H groups in total. The molecule has 0 fully saturated rings. The summed E-state index contributed by atoms with van der Waals surface area (Å²) in [6.45, 7) is 4.61. The normalized spacial score (nSPS) is 15.8. The van der Waals surface area contributed by atoms with Gasteiger partial charge in [-0.15, -0.1) is 11.3 Å². The number of carbonyl (C=O) groups is 2. The third-order valence-corrected chi connectivity index (χ3v) is 6.80. The lowest BCUT2D eigenvalue weighted by Gasteiger charge is -2.26. The average molecular weight is 479 g/mol. The Kier molecular flexibility index (Phi) is 7.09. The van der Waals surface area contributed by atoms with Crippen LogP contribution >= 0.6 is 11.3 Å². The molecular weight excluding hydrogens is 452 g/mol. The molecule has 4 rings (SSSR count). The lowest BCUT2D eigenvalue weighted by molar-refractivity contribution is -0.130. The number of aryl methyl sites for hydroxylation is 1. The topological polar surface area (TPSA) is 89.0 Å². The number of hydrogen-bond acceptors (Lipinski definition) is 7. The van der Waals surface area contributed by atoms with Crippen LogP contribution in [0.4, 0.5) is 0 Å². The van der Waals surface area contributed by atoms with Gasteiger partial charge < -0.3 is 19.5 Å². The van der Waals surface area contributed by atoms with Gasteiger partial charge in [0, 0.05) is 19.2 Å². The van der Waals surface area contributed by atoms with E-state index in [0.29, 0.717) is 33.5 Å². The number of amides is 1. The number of methoxy groups -OCH3 is 1. The molecule has 1 amide bonds. The van der Waals surface area contributed by atoms with Crippen LogP contribution in [0.5, 0.6) is 5.75 Å². The summed E-state index contributed by atoms with van der Waals surface area (Å²) in [6.07, 6.45) is 0. The van der Waals surface area contributed by atoms with Crippen molar-refractivity contribution in [2.24, 2.45) is 0 Å². The summed E-state index contributed by atoms with van der Waals surface area (Å²) in [5.41, 5.74) is 2.17. The van der Waals surface area contributed by atoms with Crippen LogP contribution in [0.25, 0.3) is 10.6 Å². The van der Waals surface area contributed by atoms with Crippen molar-refractivity contribution in [2.45, 2.75) is 19.9 Å². The summed E-state index contributed by atoms with van der Waals surface area (Å²) in [7, 11) is 1.54. The van der Waals surface area contributed by atoms with Crippen molar-refractivity contribution in [1.82, 2.24) is 9.88 Å². The van der Waals surface area contributed by atoms with Crippen LogP contribution in [-0.4, -0.2) is 53.5 Å². The zero-order valence-corrected chi connectivity index (χ0v) is 20.1. The van der Waals surface area contributed by atoms with Crippen LogP contribution in [0.3, 0.4) is 0 Å². The van der Waals surface area contributed by atoms with Gasteiger partial charge in [-0.25, -0.2) is 4.98 Å². The van der Waals surface area contributed by atoms with Crippen LogP contribution in [0, 0.1) is 6.92 Å². The van der Waals surface area contributed by atoms with Gasteiger partial charge in [-0.2, -0.15) is 0 Å². The van der Waals surface area contributed by atoms with Gasteiger partial charge in [-0.05, 0) is 31.5 Å². The summed E-state index contributed by atoms with van der Waals surface area (Å²) in [6, 6.07) is 16.1. The zero-order valence-electron chi connectivity index (χ0n) is 19.3. The number of aliphatic hydroxyl groups excluding tert-OH is 1. The molecule has 1 aliphatic heterocycles. The number of ketones is 1. The van der Waals surface area contributed by atoms with Gasteiger partial charge >= 0.3 is 0 Å². The molecular formula is C26H26N2O5S. The third kappa shape index (κ3) is 4.47. The summed E-state index contributed by atoms with van der Waals surface area (Å²) < 4.78 is 10.8. The van der Waals surface area contributed by atoms with Crippen LogP contribution in [0.15, 0.2) is 65.9 Å². The van der Waals surface area contributed by atoms with Gasteiger partial charge in [0.2, 0.25) is 5.78 Å². The Morgan fingerprint density at radius 2 is 1.94 bits per heavy atom. The fraction of sp³-hybridized carbons (Fsp3) is 0.269. The monoisotopic (exact) mass is 478 g/mol. The number of aliphatic hydroxyl groups is 1. The van der Waals surface area contributed by atoms with Crippen molar-refractivity contribution in [2.75, 3.05) is 26.9 Å². The highest BCUT2D eigenvalue weighted by molar-refractivity contribution is 7.17. The van der Waals surface area contributed by atoms with E-state index in [4.69, 9.17) is 9.47 Å². The van der Waals surface area contributed by atoms with E-state index in [1.165, 1.54) is 23.3 Å². The second-order valence-electron chi connectivity index (χ2n) is 7.79. The Labute approximate surface area is 202 Å². The van der Waals surface area contributed by atoms with Gasteiger partial charge in [-0.1, -0.05) is 42.5 Å². The first-order valence-electron chi connectivity index (χ1n) is 11.0. The van der Waals surface area contributed by atoms with Crippen LogP contribution in [0.2, 0.25) is 0 Å². The molecule has 1 atom stereocenters. The smallest absolute Gasteiger partial charge is 0.290 e. The number of ether oxygens (including phenoxy) is 2. The van der Waals surface area contributed by atoms with Gasteiger partial charge in [0.05, 0.1) is 35.4 Å². The molecule has 1 unspecified atom stereocenters. The minimum Gasteiger partial charge on any atom is -0.503 e. The van der Waals surface area contributed by atoms with Crippen LogP contribution in [0.1, 0.15) is 33.9 Å². The summed E-state index contributed by atoms with van der Waals surface area (Å²) >= 11 is 1.25. The molecule has 0 aliphatic carbocycles. The second kappa shape index (κ2) is 10.2. The second-order valence-corrected chi connectivity index (χ2v) is 8.79. The summed E-state index contributed by atoms with van der Waals surface area (Å²) in [4.78, 5) is 33.3. The predicted molar refractivity (Wildman–Crippen MR) is 130 cm³/mol. The van der Waals surface area contributed by atoms with Gasteiger partial charge in [0.15, 0.2) is 5.76 Å². The fourth-order valence-electron chi connectivity index (χ4n) is 4.03. The highest BCUT2D eigenvalue weighted by atomic mass is 32.1. The molecule has 7 nitrogen and oxygen atoms in total. The lowest BCUT2D eigenvalue weighted by atomic mass is 9.95. The van der Waals surface area contributed by atoms with Crippen molar-refractivity contribution in [3.8, 4) is 16.3 Å². The molecule has 1 aromatic heterocycles. The van der Waals surface area contributed by atoms with Gasteiger partial charge in [0.25, 0.3) is 5.91 Å². The van der Waals surface area contributed by atoms with Crippen molar-refractivity contribution in [3.63, 3.8) is 0 Å². The van der Waals surface area contributed by atoms with E-state index in [0.717, 1.165) is 5.56 Å². The zero-order chi connectivity index (χ0) is 24.2. The van der Waals surface area contributed by atoms with Crippen LogP contribution in [-0.2, 0) is 9.53 Å². The molecule has 1 aliphatic rings. The molecule has 0 saturated carbocycles. The number of hydrogen-bond donors (Lipinski definition) is 1. The molecule has 34 heavy (non-hydrogen) atoms. The molecule has 176 valence electrons. The molecule has 3 aromatic rings. The molecule has 0 spiro atoms. The highest BCUT2D eigenvalue weighted by Gasteiger charge is 2.44. The minimum atomic E-state index is -0.766. The number of benzene rings is 2. The maximum Gasteiger partial charge on any atom is 0.290 e. The standard InChI is InChI=1S/C26H26N2O5S/c1-4-33-19-12-8-11-18(15-19)21-20(23(30)26(31)28(21)13-14-32-3)22(29)24-16(2)27-25(34-24)17-9-6-5-7-10-17/h5-12,15,21,30H,4,13-14H2,1-3H3. The summed E-state index contributed by atoms with van der Waals surface area (Å²) in [5.74, 6) is -0.924.